The van der Waals surface area contributed by atoms with Crippen LogP contribution in [0.1, 0.15) is 42.1 Å². The lowest BCUT2D eigenvalue weighted by molar-refractivity contribution is 0.173. The molecule has 0 spiro atoms. The molecule has 1 unspecified atom stereocenters. The third-order valence-electron chi connectivity index (χ3n) is 3.70. The van der Waals surface area contributed by atoms with E-state index >= 15 is 0 Å². The normalized spacial score (nSPS) is 16.8. The highest BCUT2D eigenvalue weighted by Gasteiger charge is 2.17. The fraction of sp³-hybridized carbons (Fsp3) is 0.600. The van der Waals surface area contributed by atoms with Gasteiger partial charge in [0.2, 0.25) is 0 Å². The van der Waals surface area contributed by atoms with E-state index < -0.39 is 6.10 Å². The molecule has 0 heterocycles. The Hall–Kier alpha value is -1.06. The maximum atomic E-state index is 10.2. The fourth-order valence-electron chi connectivity index (χ4n) is 2.70. The van der Waals surface area contributed by atoms with Crippen LogP contribution in [0.5, 0.6) is 5.75 Å². The summed E-state index contributed by atoms with van der Waals surface area (Å²) in [4.78, 5) is 0. The topological polar surface area (TPSA) is 41.5 Å². The van der Waals surface area contributed by atoms with E-state index in [2.05, 4.69) is 17.4 Å². The first-order valence-corrected chi connectivity index (χ1v) is 6.78. The van der Waals surface area contributed by atoms with Gasteiger partial charge in [-0.2, -0.15) is 0 Å². The van der Waals surface area contributed by atoms with Crippen LogP contribution in [0, 0.1) is 0 Å². The molecular weight excluding hydrogens is 226 g/mol. The number of ether oxygens (including phenoxy) is 1. The number of hydrogen-bond donors (Lipinski definition) is 2. The molecule has 100 valence electrons. The van der Waals surface area contributed by atoms with Crippen molar-refractivity contribution in [1.29, 1.82) is 0 Å². The summed E-state index contributed by atoms with van der Waals surface area (Å²) >= 11 is 0. The van der Waals surface area contributed by atoms with Crippen molar-refractivity contribution >= 4 is 0 Å². The minimum atomic E-state index is -0.501. The van der Waals surface area contributed by atoms with E-state index in [4.69, 9.17) is 4.74 Å². The van der Waals surface area contributed by atoms with Gasteiger partial charge >= 0.3 is 0 Å². The molecule has 2 rings (SSSR count). The SMILES string of the molecule is CNCC(O)c1cc2c(cc1OC)CCCCC2. The van der Waals surface area contributed by atoms with Gasteiger partial charge in [-0.1, -0.05) is 6.42 Å². The molecule has 0 aromatic heterocycles. The summed E-state index contributed by atoms with van der Waals surface area (Å²) in [6.45, 7) is 0.551. The number of hydrogen-bond acceptors (Lipinski definition) is 3. The summed E-state index contributed by atoms with van der Waals surface area (Å²) in [5, 5.41) is 13.2. The Kier molecular flexibility index (Phi) is 4.61. The van der Waals surface area contributed by atoms with Crippen LogP contribution in [0.2, 0.25) is 0 Å². The van der Waals surface area contributed by atoms with Gasteiger partial charge in [-0.25, -0.2) is 0 Å². The fourth-order valence-corrected chi connectivity index (χ4v) is 2.70. The number of benzene rings is 1. The number of likely N-dealkylation sites (N-methyl/N-ethyl adjacent to an activating group) is 1. The summed E-state index contributed by atoms with van der Waals surface area (Å²) in [5.74, 6) is 0.818. The van der Waals surface area contributed by atoms with Gasteiger partial charge in [0.15, 0.2) is 0 Å². The van der Waals surface area contributed by atoms with Gasteiger partial charge < -0.3 is 15.2 Å². The smallest absolute Gasteiger partial charge is 0.125 e. The number of aliphatic hydroxyl groups is 1. The average molecular weight is 249 g/mol. The van der Waals surface area contributed by atoms with E-state index in [1.54, 1.807) is 7.11 Å². The van der Waals surface area contributed by atoms with Gasteiger partial charge in [-0.05, 0) is 56.0 Å². The second-order valence-electron chi connectivity index (χ2n) is 5.00. The van der Waals surface area contributed by atoms with Crippen molar-refractivity contribution in [3.63, 3.8) is 0 Å². The number of fused-ring (bicyclic) bond motifs is 1. The van der Waals surface area contributed by atoms with Crippen LogP contribution in [-0.4, -0.2) is 25.8 Å². The van der Waals surface area contributed by atoms with Gasteiger partial charge in [-0.3, -0.25) is 0 Å². The van der Waals surface area contributed by atoms with Crippen LogP contribution in [0.25, 0.3) is 0 Å². The van der Waals surface area contributed by atoms with Crippen LogP contribution < -0.4 is 10.1 Å². The summed E-state index contributed by atoms with van der Waals surface area (Å²) in [6.07, 6.45) is 5.56. The molecule has 0 amide bonds. The van der Waals surface area contributed by atoms with E-state index in [1.165, 1.54) is 30.4 Å². The molecule has 0 fully saturated rings. The number of aryl methyl sites for hydroxylation is 2. The monoisotopic (exact) mass is 249 g/mol. The largest absolute Gasteiger partial charge is 0.496 e. The van der Waals surface area contributed by atoms with Crippen LogP contribution >= 0.6 is 0 Å². The molecule has 3 nitrogen and oxygen atoms in total. The Morgan fingerprint density at radius 2 is 1.89 bits per heavy atom. The maximum absolute atomic E-state index is 10.2. The lowest BCUT2D eigenvalue weighted by atomic mass is 9.96. The Labute approximate surface area is 109 Å². The Bertz CT molecular complexity index is 404. The molecule has 0 saturated heterocycles. The standard InChI is InChI=1S/C15H23NO2/c1-16-10-14(17)13-8-11-6-4-3-5-7-12(11)9-15(13)18-2/h8-9,14,16-17H,3-7,10H2,1-2H3. The van der Waals surface area contributed by atoms with Gasteiger partial charge in [-0.15, -0.1) is 0 Å². The van der Waals surface area contributed by atoms with E-state index in [0.29, 0.717) is 6.54 Å². The van der Waals surface area contributed by atoms with Crippen molar-refractivity contribution < 1.29 is 9.84 Å². The number of nitrogens with one attached hydrogen (secondary N) is 1. The molecule has 0 aliphatic heterocycles. The van der Waals surface area contributed by atoms with Crippen LogP contribution in [0.15, 0.2) is 12.1 Å². The molecule has 0 saturated carbocycles. The number of rotatable bonds is 4. The van der Waals surface area contributed by atoms with Crippen molar-refractivity contribution in [2.45, 2.75) is 38.2 Å². The van der Waals surface area contributed by atoms with Gasteiger partial charge in [0.1, 0.15) is 5.75 Å². The highest BCUT2D eigenvalue weighted by atomic mass is 16.5. The lowest BCUT2D eigenvalue weighted by Gasteiger charge is -2.18. The minimum Gasteiger partial charge on any atom is -0.496 e. The van der Waals surface area contributed by atoms with Crippen molar-refractivity contribution in [1.82, 2.24) is 5.32 Å². The van der Waals surface area contributed by atoms with E-state index in [9.17, 15) is 5.11 Å². The lowest BCUT2D eigenvalue weighted by Crippen LogP contribution is -2.17. The van der Waals surface area contributed by atoms with Gasteiger partial charge in [0.05, 0.1) is 13.2 Å². The Morgan fingerprint density at radius 3 is 2.50 bits per heavy atom. The number of methoxy groups -OCH3 is 1. The first-order chi connectivity index (χ1) is 8.76. The molecule has 2 N–H and O–H groups in total. The third-order valence-corrected chi connectivity index (χ3v) is 3.70. The highest BCUT2D eigenvalue weighted by molar-refractivity contribution is 5.44. The molecule has 1 aromatic rings. The Morgan fingerprint density at radius 1 is 1.22 bits per heavy atom. The van der Waals surface area contributed by atoms with Gasteiger partial charge in [0.25, 0.3) is 0 Å². The molecule has 1 aliphatic carbocycles. The highest BCUT2D eigenvalue weighted by Crippen LogP contribution is 2.31. The molecule has 1 aliphatic rings. The predicted molar refractivity (Wildman–Crippen MR) is 73.1 cm³/mol. The second-order valence-corrected chi connectivity index (χ2v) is 5.00. The van der Waals surface area contributed by atoms with Crippen LogP contribution in [0.3, 0.4) is 0 Å². The average Bonchev–Trinajstić information content (AvgIpc) is 2.61. The zero-order chi connectivity index (χ0) is 13.0. The van der Waals surface area contributed by atoms with E-state index in [1.807, 2.05) is 7.05 Å². The number of aliphatic hydroxyl groups excluding tert-OH is 1. The molecule has 0 bridgehead atoms. The molecule has 0 radical (unpaired) electrons. The quantitative estimate of drug-likeness (QED) is 0.804. The van der Waals surface area contributed by atoms with Crippen LogP contribution in [0.4, 0.5) is 0 Å². The molecule has 1 atom stereocenters. The first kappa shape index (κ1) is 13.4. The summed E-state index contributed by atoms with van der Waals surface area (Å²) < 4.78 is 5.43. The molecule has 1 aromatic carbocycles. The Balaban J connectivity index is 2.36. The molecule has 3 heteroatoms. The second kappa shape index (κ2) is 6.21. The molecular formula is C15H23NO2. The molecule has 18 heavy (non-hydrogen) atoms. The minimum absolute atomic E-state index is 0.501. The van der Waals surface area contributed by atoms with Gasteiger partial charge in [0, 0.05) is 12.1 Å². The summed E-state index contributed by atoms with van der Waals surface area (Å²) in [7, 11) is 3.52. The predicted octanol–water partition coefficient (Wildman–Crippen LogP) is 2.22. The zero-order valence-corrected chi connectivity index (χ0v) is 11.3. The van der Waals surface area contributed by atoms with E-state index in [-0.39, 0.29) is 0 Å². The maximum Gasteiger partial charge on any atom is 0.125 e. The van der Waals surface area contributed by atoms with Crippen molar-refractivity contribution in [2.24, 2.45) is 0 Å². The summed E-state index contributed by atoms with van der Waals surface area (Å²) in [6, 6.07) is 4.26. The van der Waals surface area contributed by atoms with Crippen LogP contribution in [-0.2, 0) is 12.8 Å². The summed E-state index contributed by atoms with van der Waals surface area (Å²) in [5.41, 5.74) is 3.69. The van der Waals surface area contributed by atoms with Crippen molar-refractivity contribution in [3.8, 4) is 5.75 Å². The zero-order valence-electron chi connectivity index (χ0n) is 11.3. The first-order valence-electron chi connectivity index (χ1n) is 6.78. The third kappa shape index (κ3) is 2.85. The van der Waals surface area contributed by atoms with E-state index in [0.717, 1.165) is 24.2 Å². The van der Waals surface area contributed by atoms with Crippen molar-refractivity contribution in [3.05, 3.63) is 28.8 Å². The van der Waals surface area contributed by atoms with Crippen molar-refractivity contribution in [2.75, 3.05) is 20.7 Å².